The molecule has 2 aromatic rings. The van der Waals surface area contributed by atoms with Gasteiger partial charge in [-0.1, -0.05) is 46.4 Å². The van der Waals surface area contributed by atoms with Crippen molar-refractivity contribution in [3.63, 3.8) is 0 Å². The number of hydrogen-bond acceptors (Lipinski definition) is 2. The number of rotatable bonds is 4. The van der Waals surface area contributed by atoms with E-state index in [0.29, 0.717) is 0 Å². The molecule has 105 valence electrons. The van der Waals surface area contributed by atoms with Crippen molar-refractivity contribution >= 4 is 8.80 Å². The molecule has 0 aliphatic heterocycles. The van der Waals surface area contributed by atoms with E-state index in [4.69, 9.17) is 0 Å². The quantitative estimate of drug-likeness (QED) is 0.794. The van der Waals surface area contributed by atoms with Gasteiger partial charge in [0.25, 0.3) is 0 Å². The summed E-state index contributed by atoms with van der Waals surface area (Å²) in [7, 11) is -0.772. The van der Waals surface area contributed by atoms with Crippen LogP contribution < -0.4 is 0 Å². The largest absolute Gasteiger partial charge is 0.261 e. The molecule has 0 amide bonds. The van der Waals surface area contributed by atoms with Crippen molar-refractivity contribution in [3.8, 4) is 0 Å². The number of aromatic nitrogens is 2. The van der Waals surface area contributed by atoms with Crippen LogP contribution in [0.4, 0.5) is 0 Å². The fraction of sp³-hybridized carbons (Fsp3) is 0.412. The van der Waals surface area contributed by atoms with Crippen molar-refractivity contribution in [1.82, 2.24) is 9.97 Å². The van der Waals surface area contributed by atoms with Crippen molar-refractivity contribution in [1.29, 1.82) is 0 Å². The molecule has 3 heteroatoms. The second-order valence-corrected chi connectivity index (χ2v) is 10.1. The Morgan fingerprint density at radius 3 is 1.45 bits per heavy atom. The lowest BCUT2D eigenvalue weighted by Crippen LogP contribution is -2.50. The van der Waals surface area contributed by atoms with Gasteiger partial charge < -0.3 is 0 Å². The van der Waals surface area contributed by atoms with E-state index < -0.39 is 8.80 Å². The zero-order chi connectivity index (χ0) is 14.8. The minimum Gasteiger partial charge on any atom is -0.261 e. The fourth-order valence-electron chi connectivity index (χ4n) is 2.63. The Kier molecular flexibility index (Phi) is 4.09. The highest BCUT2D eigenvalue weighted by atomic mass is 28.3. The summed E-state index contributed by atoms with van der Waals surface area (Å²) in [6.45, 7) is 11.7. The summed E-state index contributed by atoms with van der Waals surface area (Å²) >= 11 is 0. The van der Waals surface area contributed by atoms with Gasteiger partial charge in [-0.05, 0) is 24.3 Å². The van der Waals surface area contributed by atoms with Crippen LogP contribution in [0.2, 0.25) is 6.55 Å². The van der Waals surface area contributed by atoms with E-state index in [2.05, 4.69) is 68.5 Å². The molecule has 2 nitrogen and oxygen atoms in total. The Hall–Kier alpha value is -1.48. The second kappa shape index (κ2) is 5.48. The van der Waals surface area contributed by atoms with Crippen molar-refractivity contribution < 1.29 is 0 Å². The van der Waals surface area contributed by atoms with Gasteiger partial charge >= 0.3 is 0 Å². The first-order chi connectivity index (χ1) is 9.37. The van der Waals surface area contributed by atoms with Gasteiger partial charge in [0.15, 0.2) is 0 Å². The Labute approximate surface area is 123 Å². The van der Waals surface area contributed by atoms with Gasteiger partial charge in [-0.2, -0.15) is 0 Å². The Bertz CT molecular complexity index is 498. The standard InChI is InChI=1S/C17H23N2Si/c1-16(2,14-10-6-8-12-18-14)20(5)17(3,4)15-11-7-9-13-19-15/h6-13H,1-5H3. The molecule has 2 rings (SSSR count). The first-order valence-corrected chi connectivity index (χ1v) is 9.04. The lowest BCUT2D eigenvalue weighted by molar-refractivity contribution is 0.615. The van der Waals surface area contributed by atoms with Crippen LogP contribution in [0, 0.1) is 0 Å². The fourth-order valence-corrected chi connectivity index (χ4v) is 5.26. The van der Waals surface area contributed by atoms with Gasteiger partial charge in [0.1, 0.15) is 0 Å². The molecule has 0 spiro atoms. The van der Waals surface area contributed by atoms with Crippen molar-refractivity contribution in [2.45, 2.75) is 44.3 Å². The zero-order valence-electron chi connectivity index (χ0n) is 13.0. The predicted octanol–water partition coefficient (Wildman–Crippen LogP) is 3.94. The third-order valence-corrected chi connectivity index (χ3v) is 8.75. The molecule has 0 aliphatic rings. The molecule has 0 saturated heterocycles. The molecule has 0 fully saturated rings. The summed E-state index contributed by atoms with van der Waals surface area (Å²) in [5.41, 5.74) is 2.36. The summed E-state index contributed by atoms with van der Waals surface area (Å²) in [4.78, 5) is 9.17. The van der Waals surface area contributed by atoms with E-state index in [0.717, 1.165) is 0 Å². The molecule has 0 unspecified atom stereocenters. The average Bonchev–Trinajstić information content (AvgIpc) is 2.48. The van der Waals surface area contributed by atoms with Crippen molar-refractivity contribution in [2.75, 3.05) is 0 Å². The molecule has 2 heterocycles. The molecule has 0 aromatic carbocycles. The van der Waals surface area contributed by atoms with E-state index in [9.17, 15) is 0 Å². The summed E-state index contributed by atoms with van der Waals surface area (Å²) in [6, 6.07) is 12.4. The van der Waals surface area contributed by atoms with Crippen LogP contribution >= 0.6 is 0 Å². The van der Waals surface area contributed by atoms with Gasteiger partial charge in [0, 0.05) is 33.9 Å². The zero-order valence-corrected chi connectivity index (χ0v) is 14.0. The lowest BCUT2D eigenvalue weighted by Gasteiger charge is -2.40. The van der Waals surface area contributed by atoms with Crippen LogP contribution in [-0.2, 0) is 10.1 Å². The third-order valence-electron chi connectivity index (χ3n) is 4.49. The van der Waals surface area contributed by atoms with Crippen LogP contribution in [0.5, 0.6) is 0 Å². The molecule has 0 bridgehead atoms. The van der Waals surface area contributed by atoms with E-state index in [1.807, 2.05) is 24.5 Å². The van der Waals surface area contributed by atoms with Gasteiger partial charge in [-0.15, -0.1) is 0 Å². The molecule has 20 heavy (non-hydrogen) atoms. The minimum absolute atomic E-state index is 0.0902. The number of pyridine rings is 2. The average molecular weight is 283 g/mol. The maximum absolute atomic E-state index is 4.58. The Morgan fingerprint density at radius 2 is 1.15 bits per heavy atom. The molecule has 0 aliphatic carbocycles. The summed E-state index contributed by atoms with van der Waals surface area (Å²) in [5, 5.41) is 0.180. The third kappa shape index (κ3) is 2.68. The molecule has 1 radical (unpaired) electrons. The van der Waals surface area contributed by atoms with Gasteiger partial charge in [-0.25, -0.2) is 0 Å². The Morgan fingerprint density at radius 1 is 0.750 bits per heavy atom. The molecule has 0 N–H and O–H groups in total. The maximum atomic E-state index is 4.58. The smallest absolute Gasteiger partial charge is 0.0719 e. The topological polar surface area (TPSA) is 25.8 Å². The van der Waals surface area contributed by atoms with Crippen molar-refractivity contribution in [3.05, 3.63) is 60.2 Å². The summed E-state index contributed by atoms with van der Waals surface area (Å²) < 4.78 is 0. The number of hydrogen-bond donors (Lipinski definition) is 0. The maximum Gasteiger partial charge on any atom is 0.0719 e. The molecule has 2 aromatic heterocycles. The Balaban J connectivity index is 2.37. The molecule has 0 atom stereocenters. The van der Waals surface area contributed by atoms with Crippen LogP contribution in [-0.4, -0.2) is 18.8 Å². The highest BCUT2D eigenvalue weighted by Gasteiger charge is 2.42. The van der Waals surface area contributed by atoms with E-state index in [1.54, 1.807) is 0 Å². The highest BCUT2D eigenvalue weighted by molar-refractivity contribution is 6.63. The normalized spacial score (nSPS) is 12.7. The molecular formula is C17H23N2Si. The van der Waals surface area contributed by atoms with Gasteiger partial charge in [-0.3, -0.25) is 9.97 Å². The summed E-state index contributed by atoms with van der Waals surface area (Å²) in [5.74, 6) is 0. The monoisotopic (exact) mass is 283 g/mol. The van der Waals surface area contributed by atoms with Crippen LogP contribution in [0.1, 0.15) is 39.1 Å². The van der Waals surface area contributed by atoms with Crippen molar-refractivity contribution in [2.24, 2.45) is 0 Å². The molecular weight excluding hydrogens is 260 g/mol. The SMILES string of the molecule is C[Si](C(C)(C)c1ccccn1)C(C)(C)c1ccccn1. The molecule has 0 saturated carbocycles. The first-order valence-electron chi connectivity index (χ1n) is 7.04. The summed E-state index contributed by atoms with van der Waals surface area (Å²) in [6.07, 6.45) is 3.78. The van der Waals surface area contributed by atoms with Crippen LogP contribution in [0.25, 0.3) is 0 Å². The predicted molar refractivity (Wildman–Crippen MR) is 86.1 cm³/mol. The first kappa shape index (κ1) is 14.9. The van der Waals surface area contributed by atoms with E-state index in [1.165, 1.54) is 11.4 Å². The van der Waals surface area contributed by atoms with Crippen LogP contribution in [0.3, 0.4) is 0 Å². The minimum atomic E-state index is -0.772. The van der Waals surface area contributed by atoms with E-state index >= 15 is 0 Å². The van der Waals surface area contributed by atoms with E-state index in [-0.39, 0.29) is 10.1 Å². The number of nitrogens with zero attached hydrogens (tertiary/aromatic N) is 2. The lowest BCUT2D eigenvalue weighted by atomic mass is 10.1. The van der Waals surface area contributed by atoms with Gasteiger partial charge in [0.2, 0.25) is 0 Å². The van der Waals surface area contributed by atoms with Crippen LogP contribution in [0.15, 0.2) is 48.8 Å². The highest BCUT2D eigenvalue weighted by Crippen LogP contribution is 2.36. The second-order valence-electron chi connectivity index (χ2n) is 6.30. The van der Waals surface area contributed by atoms with Gasteiger partial charge in [0.05, 0.1) is 8.80 Å².